The maximum absolute atomic E-state index is 12.8. The number of furan rings is 1. The zero-order valence-electron chi connectivity index (χ0n) is 12.6. The Kier molecular flexibility index (Phi) is 4.11. The molecule has 0 spiro atoms. The second kappa shape index (κ2) is 6.04. The Bertz CT molecular complexity index is 750. The Hall–Kier alpha value is -1.95. The number of nitrogens with one attached hydrogen (secondary N) is 1. The van der Waals surface area contributed by atoms with Crippen LogP contribution in [0.1, 0.15) is 33.6 Å². The average Bonchev–Trinajstić information content (AvgIpc) is 2.92. The van der Waals surface area contributed by atoms with Crippen LogP contribution in [0.5, 0.6) is 0 Å². The first-order valence-corrected chi connectivity index (χ1v) is 8.36. The van der Waals surface area contributed by atoms with Crippen LogP contribution in [-0.4, -0.2) is 33.8 Å². The molecule has 0 radical (unpaired) electrons. The molecule has 22 heavy (non-hydrogen) atoms. The van der Waals surface area contributed by atoms with Crippen LogP contribution in [0.15, 0.2) is 33.5 Å². The number of aromatic nitrogens is 1. The number of aryl methyl sites for hydroxylation is 2. The average molecular weight is 318 g/mol. The summed E-state index contributed by atoms with van der Waals surface area (Å²) in [7, 11) is 0. The summed E-state index contributed by atoms with van der Waals surface area (Å²) in [5.74, 6) is 3.23. The molecule has 2 aromatic rings. The van der Waals surface area contributed by atoms with Crippen molar-refractivity contribution in [3.63, 3.8) is 0 Å². The van der Waals surface area contributed by atoms with Gasteiger partial charge >= 0.3 is 0 Å². The number of thioether (sulfide) groups is 1. The first-order chi connectivity index (χ1) is 10.5. The van der Waals surface area contributed by atoms with Gasteiger partial charge in [0.15, 0.2) is 0 Å². The van der Waals surface area contributed by atoms with Gasteiger partial charge in [0, 0.05) is 35.4 Å². The van der Waals surface area contributed by atoms with Crippen LogP contribution in [-0.2, 0) is 0 Å². The molecular weight excluding hydrogens is 300 g/mol. The van der Waals surface area contributed by atoms with Crippen molar-refractivity contribution in [2.45, 2.75) is 19.9 Å². The first kappa shape index (κ1) is 15.0. The second-order valence-corrected chi connectivity index (χ2v) is 6.60. The lowest BCUT2D eigenvalue weighted by molar-refractivity contribution is 0.0681. The minimum absolute atomic E-state index is 0.0838. The summed E-state index contributed by atoms with van der Waals surface area (Å²) in [6, 6.07) is 6.83. The number of aromatic amines is 1. The van der Waals surface area contributed by atoms with E-state index in [2.05, 4.69) is 4.98 Å². The third kappa shape index (κ3) is 2.97. The molecule has 1 saturated heterocycles. The van der Waals surface area contributed by atoms with Crippen molar-refractivity contribution in [1.29, 1.82) is 0 Å². The maximum atomic E-state index is 12.8. The lowest BCUT2D eigenvalue weighted by Crippen LogP contribution is -2.41. The monoisotopic (exact) mass is 318 g/mol. The summed E-state index contributed by atoms with van der Waals surface area (Å²) < 4.78 is 5.71. The third-order valence-corrected chi connectivity index (χ3v) is 4.73. The number of carbonyl (C=O) groups excluding carboxylic acids is 1. The van der Waals surface area contributed by atoms with Gasteiger partial charge in [0.1, 0.15) is 11.5 Å². The van der Waals surface area contributed by atoms with Crippen molar-refractivity contribution >= 4 is 17.7 Å². The van der Waals surface area contributed by atoms with Crippen LogP contribution in [0.25, 0.3) is 0 Å². The predicted molar refractivity (Wildman–Crippen MR) is 86.3 cm³/mol. The number of amides is 1. The molecule has 1 fully saturated rings. The van der Waals surface area contributed by atoms with Gasteiger partial charge in [-0.25, -0.2) is 0 Å². The van der Waals surface area contributed by atoms with Crippen molar-refractivity contribution in [3.05, 3.63) is 57.4 Å². The fraction of sp³-hybridized carbons (Fsp3) is 0.375. The molecule has 0 unspecified atom stereocenters. The molecule has 0 aromatic carbocycles. The van der Waals surface area contributed by atoms with Gasteiger partial charge in [-0.3, -0.25) is 9.59 Å². The minimum atomic E-state index is -0.250. The van der Waals surface area contributed by atoms with Crippen molar-refractivity contribution in [1.82, 2.24) is 9.88 Å². The third-order valence-electron chi connectivity index (χ3n) is 3.70. The van der Waals surface area contributed by atoms with Gasteiger partial charge in [0.05, 0.1) is 6.04 Å². The highest BCUT2D eigenvalue weighted by Crippen LogP contribution is 2.31. The van der Waals surface area contributed by atoms with E-state index in [1.165, 1.54) is 6.07 Å². The Labute approximate surface area is 132 Å². The van der Waals surface area contributed by atoms with Crippen molar-refractivity contribution < 1.29 is 9.21 Å². The normalized spacial score (nSPS) is 18.5. The molecule has 1 atom stereocenters. The van der Waals surface area contributed by atoms with Crippen molar-refractivity contribution in [2.75, 3.05) is 18.1 Å². The molecule has 1 aliphatic rings. The fourth-order valence-corrected chi connectivity index (χ4v) is 3.75. The molecule has 116 valence electrons. The molecule has 5 nitrogen and oxygen atoms in total. The first-order valence-electron chi connectivity index (χ1n) is 7.20. The highest BCUT2D eigenvalue weighted by Gasteiger charge is 2.31. The van der Waals surface area contributed by atoms with Crippen LogP contribution >= 0.6 is 11.8 Å². The number of carbonyl (C=O) groups is 1. The van der Waals surface area contributed by atoms with Gasteiger partial charge in [-0.15, -0.1) is 0 Å². The van der Waals surface area contributed by atoms with E-state index < -0.39 is 0 Å². The smallest absolute Gasteiger partial charge is 0.254 e. The molecule has 1 amide bonds. The van der Waals surface area contributed by atoms with E-state index in [1.807, 2.05) is 35.7 Å². The molecule has 3 rings (SSSR count). The van der Waals surface area contributed by atoms with Gasteiger partial charge in [-0.2, -0.15) is 11.8 Å². The fourth-order valence-electron chi connectivity index (χ4n) is 2.69. The molecule has 6 heteroatoms. The van der Waals surface area contributed by atoms with Gasteiger partial charge in [-0.05, 0) is 32.0 Å². The molecule has 1 N–H and O–H groups in total. The zero-order chi connectivity index (χ0) is 15.7. The summed E-state index contributed by atoms with van der Waals surface area (Å²) in [6.45, 7) is 4.32. The Morgan fingerprint density at radius 1 is 1.36 bits per heavy atom. The highest BCUT2D eigenvalue weighted by atomic mass is 32.2. The van der Waals surface area contributed by atoms with Gasteiger partial charge in [0.2, 0.25) is 5.56 Å². The predicted octanol–water partition coefficient (Wildman–Crippen LogP) is 2.52. The van der Waals surface area contributed by atoms with Crippen molar-refractivity contribution in [3.8, 4) is 0 Å². The quantitative estimate of drug-likeness (QED) is 0.924. The molecule has 0 aliphatic carbocycles. The van der Waals surface area contributed by atoms with E-state index in [0.29, 0.717) is 17.8 Å². The lowest BCUT2D eigenvalue weighted by Gasteiger charge is -2.34. The second-order valence-electron chi connectivity index (χ2n) is 5.45. The molecule has 0 saturated carbocycles. The minimum Gasteiger partial charge on any atom is -0.464 e. The Morgan fingerprint density at radius 3 is 2.86 bits per heavy atom. The molecular formula is C16H18N2O3S. The SMILES string of the molecule is Cc1cc(C(=O)N2CCSC[C@@H]2c2ccc(C)o2)cc(=O)[nH]1. The number of pyridine rings is 1. The molecule has 1 aliphatic heterocycles. The topological polar surface area (TPSA) is 66.3 Å². The number of hydrogen-bond acceptors (Lipinski definition) is 4. The maximum Gasteiger partial charge on any atom is 0.254 e. The van der Waals surface area contributed by atoms with Crippen LogP contribution in [0, 0.1) is 13.8 Å². The van der Waals surface area contributed by atoms with E-state index in [1.54, 1.807) is 13.0 Å². The molecule has 2 aromatic heterocycles. The van der Waals surface area contributed by atoms with Crippen LogP contribution in [0.4, 0.5) is 0 Å². The van der Waals surface area contributed by atoms with Crippen LogP contribution < -0.4 is 5.56 Å². The summed E-state index contributed by atoms with van der Waals surface area (Å²) in [5.41, 5.74) is 0.870. The number of rotatable bonds is 2. The largest absolute Gasteiger partial charge is 0.464 e. The summed E-state index contributed by atoms with van der Waals surface area (Å²) >= 11 is 1.81. The lowest BCUT2D eigenvalue weighted by atomic mass is 10.1. The van der Waals surface area contributed by atoms with Crippen molar-refractivity contribution in [2.24, 2.45) is 0 Å². The van der Waals surface area contributed by atoms with E-state index in [0.717, 1.165) is 23.0 Å². The highest BCUT2D eigenvalue weighted by molar-refractivity contribution is 7.99. The standard InChI is InChI=1S/C16H18N2O3S/c1-10-7-12(8-15(19)17-10)16(20)18-5-6-22-9-13(18)14-4-3-11(2)21-14/h3-4,7-8,13H,5-6,9H2,1-2H3,(H,17,19)/t13-/m1/s1. The Balaban J connectivity index is 1.93. The Morgan fingerprint density at radius 2 is 2.18 bits per heavy atom. The van der Waals surface area contributed by atoms with Crippen LogP contribution in [0.3, 0.4) is 0 Å². The van der Waals surface area contributed by atoms with Gasteiger partial charge in [0.25, 0.3) is 5.91 Å². The molecule has 0 bridgehead atoms. The summed E-state index contributed by atoms with van der Waals surface area (Å²) in [4.78, 5) is 28.9. The van der Waals surface area contributed by atoms with E-state index in [9.17, 15) is 9.59 Å². The molecule has 3 heterocycles. The van der Waals surface area contributed by atoms with Gasteiger partial charge < -0.3 is 14.3 Å². The van der Waals surface area contributed by atoms with Crippen LogP contribution in [0.2, 0.25) is 0 Å². The summed E-state index contributed by atoms with van der Waals surface area (Å²) in [6.07, 6.45) is 0. The number of hydrogen-bond donors (Lipinski definition) is 1. The van der Waals surface area contributed by atoms with Gasteiger partial charge in [-0.1, -0.05) is 0 Å². The number of nitrogens with zero attached hydrogens (tertiary/aromatic N) is 1. The zero-order valence-corrected chi connectivity index (χ0v) is 13.4. The number of H-pyrrole nitrogens is 1. The summed E-state index contributed by atoms with van der Waals surface area (Å²) in [5, 5.41) is 0. The van der Waals surface area contributed by atoms with E-state index in [4.69, 9.17) is 4.42 Å². The van der Waals surface area contributed by atoms with E-state index >= 15 is 0 Å². The van der Waals surface area contributed by atoms with E-state index in [-0.39, 0.29) is 17.5 Å².